The molecule has 1 aromatic carbocycles. The average molecular weight is 225 g/mol. The van der Waals surface area contributed by atoms with Crippen LogP contribution in [-0.2, 0) is 0 Å². The highest BCUT2D eigenvalue weighted by Crippen LogP contribution is 2.20. The van der Waals surface area contributed by atoms with Crippen molar-refractivity contribution in [2.24, 2.45) is 10.1 Å². The van der Waals surface area contributed by atoms with Gasteiger partial charge in [-0.25, -0.2) is 5.01 Å². The highest BCUT2D eigenvalue weighted by molar-refractivity contribution is 6.16. The summed E-state index contributed by atoms with van der Waals surface area (Å²) in [6.07, 6.45) is 3.16. The Balaban J connectivity index is 2.02. The lowest BCUT2D eigenvalue weighted by Gasteiger charge is -2.22. The van der Waals surface area contributed by atoms with Crippen LogP contribution in [0.5, 0.6) is 0 Å². The van der Waals surface area contributed by atoms with Crippen molar-refractivity contribution in [3.63, 3.8) is 0 Å². The number of allylic oxidation sites excluding steroid dienone is 1. The molecule has 17 heavy (non-hydrogen) atoms. The van der Waals surface area contributed by atoms with Crippen molar-refractivity contribution in [1.82, 2.24) is 5.01 Å². The van der Waals surface area contributed by atoms with Gasteiger partial charge in [-0.2, -0.15) is 5.10 Å². The second-order valence-corrected chi connectivity index (χ2v) is 4.20. The summed E-state index contributed by atoms with van der Waals surface area (Å²) in [4.78, 5) is 4.51. The largest absolute Gasteiger partial charge is 0.265 e. The Kier molecular flexibility index (Phi) is 2.52. The monoisotopic (exact) mass is 225 g/mol. The molecule has 3 rings (SSSR count). The maximum absolute atomic E-state index is 4.66. The van der Waals surface area contributed by atoms with Crippen LogP contribution in [0.25, 0.3) is 0 Å². The van der Waals surface area contributed by atoms with Crippen molar-refractivity contribution in [1.29, 1.82) is 0 Å². The molecule has 0 amide bonds. The minimum Gasteiger partial charge on any atom is -0.265 e. The van der Waals surface area contributed by atoms with E-state index in [9.17, 15) is 0 Å². The zero-order valence-electron chi connectivity index (χ0n) is 9.93. The molecule has 0 radical (unpaired) electrons. The summed E-state index contributed by atoms with van der Waals surface area (Å²) < 4.78 is 0. The van der Waals surface area contributed by atoms with E-state index in [2.05, 4.69) is 35.2 Å². The fourth-order valence-electron chi connectivity index (χ4n) is 2.20. The lowest BCUT2D eigenvalue weighted by Crippen LogP contribution is -2.29. The smallest absolute Gasteiger partial charge is 0.147 e. The van der Waals surface area contributed by atoms with Crippen LogP contribution in [0.15, 0.2) is 52.1 Å². The quantitative estimate of drug-likeness (QED) is 0.759. The molecule has 2 heterocycles. The van der Waals surface area contributed by atoms with E-state index in [1.165, 1.54) is 11.1 Å². The standard InChI is InChI=1S/C14H15N3/c1-2-11-10-13(12-6-4-3-5-7-12)16-17-9-8-15-14(11)17/h3-7,10H,2,8-9H2,1H3. The second kappa shape index (κ2) is 4.17. The number of hydrogen-bond acceptors (Lipinski definition) is 3. The number of hydrazone groups is 1. The van der Waals surface area contributed by atoms with Gasteiger partial charge in [-0.1, -0.05) is 37.3 Å². The summed E-state index contributed by atoms with van der Waals surface area (Å²) in [6, 6.07) is 10.3. The molecule has 3 heteroatoms. The van der Waals surface area contributed by atoms with Gasteiger partial charge in [0.25, 0.3) is 0 Å². The van der Waals surface area contributed by atoms with Gasteiger partial charge >= 0.3 is 0 Å². The lowest BCUT2D eigenvalue weighted by molar-refractivity contribution is 0.486. The number of fused-ring (bicyclic) bond motifs is 1. The van der Waals surface area contributed by atoms with Crippen LogP contribution in [0, 0.1) is 0 Å². The molecule has 86 valence electrons. The first-order valence-corrected chi connectivity index (χ1v) is 6.05. The van der Waals surface area contributed by atoms with E-state index in [4.69, 9.17) is 0 Å². The van der Waals surface area contributed by atoms with Gasteiger partial charge in [0.2, 0.25) is 0 Å². The Bertz CT molecular complexity index is 512. The van der Waals surface area contributed by atoms with Gasteiger partial charge in [-0.15, -0.1) is 0 Å². The van der Waals surface area contributed by atoms with Crippen LogP contribution in [0.2, 0.25) is 0 Å². The van der Waals surface area contributed by atoms with Crippen molar-refractivity contribution in [2.75, 3.05) is 13.1 Å². The molecule has 3 nitrogen and oxygen atoms in total. The van der Waals surface area contributed by atoms with Crippen LogP contribution in [0.3, 0.4) is 0 Å². The van der Waals surface area contributed by atoms with E-state index < -0.39 is 0 Å². The number of aliphatic imine (C=N–C) groups is 1. The Labute approximate surface area is 101 Å². The third kappa shape index (κ3) is 1.78. The maximum atomic E-state index is 4.66. The first kappa shape index (κ1) is 10.3. The van der Waals surface area contributed by atoms with Gasteiger partial charge in [-0.3, -0.25) is 4.99 Å². The Morgan fingerprint density at radius 3 is 2.82 bits per heavy atom. The van der Waals surface area contributed by atoms with Crippen LogP contribution in [-0.4, -0.2) is 29.6 Å². The predicted molar refractivity (Wildman–Crippen MR) is 70.4 cm³/mol. The Morgan fingerprint density at radius 2 is 2.06 bits per heavy atom. The number of amidine groups is 1. The summed E-state index contributed by atoms with van der Waals surface area (Å²) in [6.45, 7) is 3.93. The van der Waals surface area contributed by atoms with E-state index in [1.54, 1.807) is 0 Å². The van der Waals surface area contributed by atoms with Crippen molar-refractivity contribution in [3.05, 3.63) is 47.5 Å². The summed E-state index contributed by atoms with van der Waals surface area (Å²) in [5.74, 6) is 1.06. The molecule has 0 spiro atoms. The molecule has 0 unspecified atom stereocenters. The van der Waals surface area contributed by atoms with E-state index in [-0.39, 0.29) is 0 Å². The number of hydrogen-bond donors (Lipinski definition) is 0. The highest BCUT2D eigenvalue weighted by atomic mass is 15.5. The highest BCUT2D eigenvalue weighted by Gasteiger charge is 2.24. The second-order valence-electron chi connectivity index (χ2n) is 4.20. The zero-order valence-corrected chi connectivity index (χ0v) is 9.93. The van der Waals surface area contributed by atoms with Crippen LogP contribution < -0.4 is 0 Å². The van der Waals surface area contributed by atoms with Crippen molar-refractivity contribution >= 4 is 11.5 Å². The van der Waals surface area contributed by atoms with E-state index in [1.807, 2.05) is 23.2 Å². The topological polar surface area (TPSA) is 28.0 Å². The molecule has 0 saturated carbocycles. The predicted octanol–water partition coefficient (Wildman–Crippen LogP) is 2.45. The van der Waals surface area contributed by atoms with Gasteiger partial charge in [-0.05, 0) is 18.1 Å². The molecule has 2 aliphatic heterocycles. The summed E-state index contributed by atoms with van der Waals surface area (Å²) in [7, 11) is 0. The molecule has 2 aliphatic rings. The fourth-order valence-corrected chi connectivity index (χ4v) is 2.20. The normalized spacial score (nSPS) is 18.4. The summed E-state index contributed by atoms with van der Waals surface area (Å²) in [5.41, 5.74) is 3.50. The molecular formula is C14H15N3. The van der Waals surface area contributed by atoms with E-state index >= 15 is 0 Å². The van der Waals surface area contributed by atoms with Crippen LogP contribution >= 0.6 is 0 Å². The lowest BCUT2D eigenvalue weighted by atomic mass is 10.0. The fraction of sp³-hybridized carbons (Fsp3) is 0.286. The number of nitrogens with zero attached hydrogens (tertiary/aromatic N) is 3. The first-order chi connectivity index (χ1) is 8.38. The van der Waals surface area contributed by atoms with Crippen molar-refractivity contribution < 1.29 is 0 Å². The van der Waals surface area contributed by atoms with E-state index in [0.717, 1.165) is 31.1 Å². The molecule has 0 aromatic heterocycles. The minimum atomic E-state index is 0.859. The first-order valence-electron chi connectivity index (χ1n) is 6.05. The summed E-state index contributed by atoms with van der Waals surface area (Å²) in [5, 5.41) is 6.68. The van der Waals surface area contributed by atoms with Gasteiger partial charge in [0.15, 0.2) is 0 Å². The molecule has 0 saturated heterocycles. The molecular weight excluding hydrogens is 210 g/mol. The number of benzene rings is 1. The van der Waals surface area contributed by atoms with Crippen molar-refractivity contribution in [3.8, 4) is 0 Å². The Morgan fingerprint density at radius 1 is 1.24 bits per heavy atom. The van der Waals surface area contributed by atoms with Crippen LogP contribution in [0.4, 0.5) is 0 Å². The molecule has 0 atom stereocenters. The third-order valence-corrected chi connectivity index (χ3v) is 3.09. The Hall–Kier alpha value is -1.90. The van der Waals surface area contributed by atoms with Crippen molar-refractivity contribution in [2.45, 2.75) is 13.3 Å². The minimum absolute atomic E-state index is 0.859. The zero-order chi connectivity index (χ0) is 11.7. The number of rotatable bonds is 2. The molecule has 1 aromatic rings. The third-order valence-electron chi connectivity index (χ3n) is 3.09. The van der Waals surface area contributed by atoms with Gasteiger partial charge in [0.1, 0.15) is 5.84 Å². The maximum Gasteiger partial charge on any atom is 0.147 e. The molecule has 0 N–H and O–H groups in total. The average Bonchev–Trinajstić information content (AvgIpc) is 2.86. The van der Waals surface area contributed by atoms with Gasteiger partial charge < -0.3 is 0 Å². The summed E-state index contributed by atoms with van der Waals surface area (Å²) >= 11 is 0. The molecule has 0 bridgehead atoms. The van der Waals surface area contributed by atoms with E-state index in [0.29, 0.717) is 0 Å². The SMILES string of the molecule is CCC1=CC(c2ccccc2)=NN2CCN=C12. The van der Waals surface area contributed by atoms with Gasteiger partial charge in [0, 0.05) is 5.56 Å². The molecule has 0 fully saturated rings. The molecule has 0 aliphatic carbocycles. The van der Waals surface area contributed by atoms with Gasteiger partial charge in [0.05, 0.1) is 18.8 Å². The van der Waals surface area contributed by atoms with Crippen LogP contribution in [0.1, 0.15) is 18.9 Å².